The third kappa shape index (κ3) is 12.2. The molecular formula is C80H86N2O2S5. The highest BCUT2D eigenvalue weighted by Crippen LogP contribution is 2.55. The van der Waals surface area contributed by atoms with E-state index in [1.165, 1.54) is 209 Å². The second-order valence-corrected chi connectivity index (χ2v) is 31.3. The van der Waals surface area contributed by atoms with Gasteiger partial charge in [0.2, 0.25) is 0 Å². The zero-order chi connectivity index (χ0) is 62.0. The van der Waals surface area contributed by atoms with Crippen LogP contribution in [0.1, 0.15) is 217 Å². The number of benzene rings is 5. The number of aryl methyl sites for hydroxylation is 4. The number of carboxylic acids is 1. The summed E-state index contributed by atoms with van der Waals surface area (Å²) in [6.45, 7) is 18.7. The lowest BCUT2D eigenvalue weighted by Crippen LogP contribution is -2.18. The summed E-state index contributed by atoms with van der Waals surface area (Å²) in [5, 5.41) is 21.1. The molecule has 1 N–H and O–H groups in total. The van der Waals surface area contributed by atoms with Gasteiger partial charge in [-0.15, -0.1) is 56.7 Å². The molecule has 5 aromatic carbocycles. The van der Waals surface area contributed by atoms with Crippen molar-refractivity contribution in [2.24, 2.45) is 0 Å². The Morgan fingerprint density at radius 3 is 1.37 bits per heavy atom. The van der Waals surface area contributed by atoms with Gasteiger partial charge in [0.05, 0.1) is 0 Å². The number of nitriles is 1. The van der Waals surface area contributed by atoms with Crippen LogP contribution in [-0.2, 0) is 41.3 Å². The molecule has 0 aliphatic heterocycles. The Bertz CT molecular complexity index is 4240. The summed E-state index contributed by atoms with van der Waals surface area (Å²) >= 11 is 9.68. The fourth-order valence-electron chi connectivity index (χ4n) is 14.3. The van der Waals surface area contributed by atoms with Gasteiger partial charge in [0.25, 0.3) is 0 Å². The number of rotatable bonds is 28. The van der Waals surface area contributed by atoms with Gasteiger partial charge in [-0.05, 0) is 184 Å². The van der Waals surface area contributed by atoms with E-state index in [1.54, 1.807) is 17.4 Å². The first-order chi connectivity index (χ1) is 43.3. The van der Waals surface area contributed by atoms with E-state index >= 15 is 0 Å². The predicted molar refractivity (Wildman–Crippen MR) is 392 cm³/mol. The van der Waals surface area contributed by atoms with Crippen molar-refractivity contribution in [1.82, 2.24) is 0 Å². The number of aliphatic carboxylic acids is 1. The minimum Gasteiger partial charge on any atom is -0.477 e. The van der Waals surface area contributed by atoms with Crippen molar-refractivity contribution in [1.29, 1.82) is 5.26 Å². The third-order valence-electron chi connectivity index (χ3n) is 19.3. The van der Waals surface area contributed by atoms with Crippen LogP contribution in [0.25, 0.3) is 79.1 Å². The van der Waals surface area contributed by atoms with Gasteiger partial charge in [0.15, 0.2) is 0 Å². The standard InChI is InChI=1S/C80H86N2O2S5/c1-9-13-17-21-31-60-68(86-75-62(33-23-19-15-11-3)71(88-74(60)75)46-52(50-81)78(83)84)43-44-69-61(32-22-18-14-10-2)76-77(87-69)63(34-24-20-16-12-4)73(89-76)72-45-51-37-38-55(49-70(51)85-72)82(53-39-41-58-56-29-25-27-35-64(56)79(5,6)66(58)47-53)54-40-42-59-57-30-26-28-36-65(57)80(7,8)67(59)48-54/h25-30,35-49H,9-24,31-34H2,1-8H3,(H,83,84)/b44-43+,52-46-. The summed E-state index contributed by atoms with van der Waals surface area (Å²) in [4.78, 5) is 21.2. The highest BCUT2D eigenvalue weighted by atomic mass is 32.1. The number of unbranched alkanes of at least 4 members (excludes halogenated alkanes) is 12. The molecule has 4 nitrogen and oxygen atoms in total. The van der Waals surface area contributed by atoms with Crippen LogP contribution in [0.2, 0.25) is 0 Å². The van der Waals surface area contributed by atoms with Crippen LogP contribution in [0.3, 0.4) is 0 Å². The Labute approximate surface area is 549 Å². The van der Waals surface area contributed by atoms with Crippen LogP contribution in [-0.4, -0.2) is 11.1 Å². The summed E-state index contributed by atoms with van der Waals surface area (Å²) in [5.41, 5.74) is 19.6. The highest BCUT2D eigenvalue weighted by Gasteiger charge is 2.38. The fourth-order valence-corrected chi connectivity index (χ4v) is 21.4. The molecule has 0 fully saturated rings. The van der Waals surface area contributed by atoms with Crippen molar-refractivity contribution >= 4 is 127 Å². The molecule has 0 spiro atoms. The molecule has 5 heterocycles. The molecule has 10 aromatic rings. The highest BCUT2D eigenvalue weighted by molar-refractivity contribution is 7.33. The largest absolute Gasteiger partial charge is 0.477 e. The number of nitrogens with zero attached hydrogens (tertiary/aromatic N) is 2. The van der Waals surface area contributed by atoms with Crippen LogP contribution in [0.15, 0.2) is 115 Å². The Kier molecular flexibility index (Phi) is 19.2. The van der Waals surface area contributed by atoms with E-state index in [4.69, 9.17) is 0 Å². The van der Waals surface area contributed by atoms with Gasteiger partial charge < -0.3 is 10.0 Å². The van der Waals surface area contributed by atoms with Gasteiger partial charge in [-0.25, -0.2) is 4.79 Å². The zero-order valence-corrected chi connectivity index (χ0v) is 57.6. The number of carboxylic acid groups (broad SMARTS) is 1. The number of anilines is 3. The Hall–Kier alpha value is -6.38. The Morgan fingerprint density at radius 1 is 0.472 bits per heavy atom. The zero-order valence-electron chi connectivity index (χ0n) is 53.6. The van der Waals surface area contributed by atoms with Crippen LogP contribution >= 0.6 is 56.7 Å². The number of carbonyl (C=O) groups is 1. The Morgan fingerprint density at radius 2 is 0.888 bits per heavy atom. The molecule has 0 amide bonds. The van der Waals surface area contributed by atoms with Crippen molar-refractivity contribution in [3.8, 4) is 38.1 Å². The molecule has 458 valence electrons. The molecule has 89 heavy (non-hydrogen) atoms. The molecule has 5 aromatic heterocycles. The topological polar surface area (TPSA) is 64.3 Å². The maximum absolute atomic E-state index is 12.2. The summed E-state index contributed by atoms with van der Waals surface area (Å²) in [5.74, 6) is -1.16. The number of hydrogen-bond acceptors (Lipinski definition) is 8. The lowest BCUT2D eigenvalue weighted by molar-refractivity contribution is -0.132. The molecule has 2 aliphatic carbocycles. The molecule has 0 radical (unpaired) electrons. The average Bonchev–Trinajstić information content (AvgIpc) is 1.65. The number of thiophene rings is 5. The van der Waals surface area contributed by atoms with E-state index in [0.717, 1.165) is 56.2 Å². The van der Waals surface area contributed by atoms with Crippen molar-refractivity contribution in [2.45, 2.75) is 195 Å². The Balaban J connectivity index is 0.957. The summed E-state index contributed by atoms with van der Waals surface area (Å²) in [7, 11) is 0. The molecule has 2 aliphatic rings. The van der Waals surface area contributed by atoms with Crippen LogP contribution in [0.4, 0.5) is 17.1 Å². The fraction of sp³-hybridized carbons (Fsp3) is 0.375. The summed E-state index contributed by atoms with van der Waals surface area (Å²) in [6.07, 6.45) is 29.6. The van der Waals surface area contributed by atoms with Crippen molar-refractivity contribution in [2.75, 3.05) is 4.90 Å². The molecular weight excluding hydrogens is 1180 g/mol. The molecule has 0 saturated carbocycles. The van der Waals surface area contributed by atoms with Gasteiger partial charge in [-0.3, -0.25) is 0 Å². The monoisotopic (exact) mass is 1270 g/mol. The van der Waals surface area contributed by atoms with E-state index in [-0.39, 0.29) is 16.4 Å². The molecule has 0 atom stereocenters. The van der Waals surface area contributed by atoms with E-state index < -0.39 is 5.97 Å². The van der Waals surface area contributed by atoms with E-state index in [1.807, 2.05) is 40.1 Å². The summed E-state index contributed by atoms with van der Waals surface area (Å²) < 4.78 is 6.87. The molecule has 9 heteroatoms. The predicted octanol–water partition coefficient (Wildman–Crippen LogP) is 25.9. The second kappa shape index (κ2) is 27.2. The normalized spacial score (nSPS) is 13.9. The van der Waals surface area contributed by atoms with Crippen LogP contribution in [0, 0.1) is 11.3 Å². The number of hydrogen-bond donors (Lipinski definition) is 1. The summed E-state index contributed by atoms with van der Waals surface area (Å²) in [6, 6.07) is 44.1. The van der Waals surface area contributed by atoms with Gasteiger partial charge in [-0.1, -0.05) is 199 Å². The van der Waals surface area contributed by atoms with E-state index in [2.05, 4.69) is 193 Å². The lowest BCUT2D eigenvalue weighted by atomic mass is 9.82. The average molecular weight is 1270 g/mol. The van der Waals surface area contributed by atoms with Gasteiger partial charge in [-0.2, -0.15) is 5.26 Å². The number of fused-ring (bicyclic) bond motifs is 9. The van der Waals surface area contributed by atoms with E-state index in [0.29, 0.717) is 0 Å². The SMILES string of the molecule is CCCCCCc1c(/C=C(/C#N)C(=O)O)sc2c(CCCCCC)c(/C=C/c3sc4c(CCCCCC)c(-c5cc6ccc(N(c7ccc8c(c7)C(C)(C)c7ccccc7-8)c7ccc8c(c7)C(C)(C)c7ccccc7-8)cc6s5)sc4c3CCCCCC)sc12. The second-order valence-electron chi connectivity index (χ2n) is 26.1. The molecule has 0 saturated heterocycles. The lowest BCUT2D eigenvalue weighted by Gasteiger charge is -2.29. The minimum absolute atomic E-state index is 0.131. The van der Waals surface area contributed by atoms with Crippen LogP contribution in [0.5, 0.6) is 0 Å². The maximum atomic E-state index is 12.2. The molecule has 0 unspecified atom stereocenters. The molecule has 0 bridgehead atoms. The van der Waals surface area contributed by atoms with Gasteiger partial charge in [0, 0.05) is 75.8 Å². The maximum Gasteiger partial charge on any atom is 0.346 e. The van der Waals surface area contributed by atoms with Gasteiger partial charge in [0.1, 0.15) is 11.6 Å². The van der Waals surface area contributed by atoms with Gasteiger partial charge >= 0.3 is 5.97 Å². The third-order valence-corrected chi connectivity index (χ3v) is 25.9. The van der Waals surface area contributed by atoms with Crippen molar-refractivity contribution < 1.29 is 9.90 Å². The first kappa shape index (κ1) is 62.8. The van der Waals surface area contributed by atoms with Crippen LogP contribution < -0.4 is 4.90 Å². The first-order valence-electron chi connectivity index (χ1n) is 33.3. The smallest absolute Gasteiger partial charge is 0.346 e. The van der Waals surface area contributed by atoms with E-state index in [9.17, 15) is 15.2 Å². The quantitative estimate of drug-likeness (QED) is 0.0302. The first-order valence-corrected chi connectivity index (χ1v) is 37.4. The molecule has 12 rings (SSSR count). The minimum atomic E-state index is -1.16. The van der Waals surface area contributed by atoms with Crippen molar-refractivity contribution in [3.05, 3.63) is 174 Å². The van der Waals surface area contributed by atoms with Crippen molar-refractivity contribution in [3.63, 3.8) is 0 Å².